The van der Waals surface area contributed by atoms with E-state index >= 15 is 0 Å². The van der Waals surface area contributed by atoms with Gasteiger partial charge in [0.1, 0.15) is 11.0 Å². The third-order valence-corrected chi connectivity index (χ3v) is 7.23. The van der Waals surface area contributed by atoms with Gasteiger partial charge in [0.2, 0.25) is 0 Å². The second-order valence-corrected chi connectivity index (χ2v) is 9.39. The summed E-state index contributed by atoms with van der Waals surface area (Å²) < 4.78 is 6.51. The van der Waals surface area contributed by atoms with Crippen LogP contribution in [0, 0.1) is 0 Å². The monoisotopic (exact) mass is 481 g/mol. The van der Waals surface area contributed by atoms with Gasteiger partial charge in [-0.1, -0.05) is 49.1 Å². The van der Waals surface area contributed by atoms with E-state index in [0.717, 1.165) is 30.0 Å². The van der Waals surface area contributed by atoms with Crippen LogP contribution in [0.1, 0.15) is 71.2 Å². The van der Waals surface area contributed by atoms with E-state index in [1.165, 1.54) is 26.4 Å². The van der Waals surface area contributed by atoms with Gasteiger partial charge in [-0.05, 0) is 25.0 Å². The Labute approximate surface area is 202 Å². The number of carbonyl (C=O) groups is 1. The number of hydrogen-bond donors (Lipinski definition) is 1. The Kier molecular flexibility index (Phi) is 6.52. The number of H-pyrrole nitrogens is 1. The molecule has 1 saturated carbocycles. The van der Waals surface area contributed by atoms with E-state index < -0.39 is 5.97 Å². The zero-order valence-corrected chi connectivity index (χ0v) is 20.0. The molecule has 9 heteroatoms. The third-order valence-electron chi connectivity index (χ3n) is 6.84. The number of esters is 1. The molecule has 1 aliphatic carbocycles. The largest absolute Gasteiger partial charge is 0.464 e. The van der Waals surface area contributed by atoms with Crippen molar-refractivity contribution in [1.29, 1.82) is 0 Å². The number of nitrogens with zero attached hydrogens (tertiary/aromatic N) is 4. The maximum Gasteiger partial charge on any atom is 0.358 e. The summed E-state index contributed by atoms with van der Waals surface area (Å²) >= 11 is 6.71. The van der Waals surface area contributed by atoms with Crippen LogP contribution in [0.15, 0.2) is 35.1 Å². The van der Waals surface area contributed by atoms with Crippen LogP contribution in [0.25, 0.3) is 5.69 Å². The highest BCUT2D eigenvalue weighted by Gasteiger charge is 2.29. The molecule has 0 radical (unpaired) electrons. The van der Waals surface area contributed by atoms with E-state index in [2.05, 4.69) is 15.0 Å². The van der Waals surface area contributed by atoms with Gasteiger partial charge in [0.05, 0.1) is 24.1 Å². The van der Waals surface area contributed by atoms with Gasteiger partial charge in [0, 0.05) is 37.5 Å². The van der Waals surface area contributed by atoms with Crippen molar-refractivity contribution in [2.24, 2.45) is 0 Å². The summed E-state index contributed by atoms with van der Waals surface area (Å²) in [5.41, 5.74) is 3.04. The fourth-order valence-corrected chi connectivity index (χ4v) is 5.28. The normalized spacial score (nSPS) is 16.9. The molecule has 2 aliphatic rings. The van der Waals surface area contributed by atoms with E-state index in [1.807, 2.05) is 30.3 Å². The summed E-state index contributed by atoms with van der Waals surface area (Å²) in [6, 6.07) is 9.41. The van der Waals surface area contributed by atoms with Crippen LogP contribution in [-0.4, -0.2) is 44.3 Å². The molecular formula is C25H28ClN5O3. The molecule has 1 fully saturated rings. The standard InChI is InChI=1S/C25H28ClN5O3/c1-34-25(33)21-19(22(26)31(29-21)17-10-6-3-7-11-17)15-30-13-12-20-18(14-30)24(32)28-23(27-20)16-8-4-2-5-9-16/h3,6-7,10-11,16H,2,4-5,8-9,12-15H2,1H3,(H,27,28,32). The molecule has 3 aromatic rings. The summed E-state index contributed by atoms with van der Waals surface area (Å²) in [4.78, 5) is 35.5. The molecule has 178 valence electrons. The Morgan fingerprint density at radius 1 is 1.21 bits per heavy atom. The minimum atomic E-state index is -0.541. The van der Waals surface area contributed by atoms with Crippen molar-refractivity contribution in [3.05, 3.63) is 74.2 Å². The number of hydrogen-bond acceptors (Lipinski definition) is 6. The topological polar surface area (TPSA) is 93.1 Å². The zero-order valence-electron chi connectivity index (χ0n) is 19.2. The lowest BCUT2D eigenvalue weighted by molar-refractivity contribution is 0.0591. The van der Waals surface area contributed by atoms with Gasteiger partial charge >= 0.3 is 5.97 Å². The number of rotatable bonds is 5. The molecule has 0 bridgehead atoms. The summed E-state index contributed by atoms with van der Waals surface area (Å²) in [5.74, 6) is 0.660. The maximum absolute atomic E-state index is 13.0. The van der Waals surface area contributed by atoms with E-state index in [1.54, 1.807) is 4.68 Å². The van der Waals surface area contributed by atoms with Gasteiger partial charge in [-0.3, -0.25) is 9.69 Å². The number of ether oxygens (including phenoxy) is 1. The first-order valence-corrected chi connectivity index (χ1v) is 12.2. The smallest absolute Gasteiger partial charge is 0.358 e. The van der Waals surface area contributed by atoms with E-state index in [9.17, 15) is 9.59 Å². The lowest BCUT2D eigenvalue weighted by atomic mass is 9.88. The van der Waals surface area contributed by atoms with Crippen LogP contribution in [0.4, 0.5) is 0 Å². The molecule has 8 nitrogen and oxygen atoms in total. The fraction of sp³-hybridized carbons (Fsp3) is 0.440. The van der Waals surface area contributed by atoms with Gasteiger partial charge in [0.15, 0.2) is 5.69 Å². The number of fused-ring (bicyclic) bond motifs is 1. The van der Waals surface area contributed by atoms with Crippen molar-refractivity contribution in [2.45, 2.75) is 57.5 Å². The Bertz CT molecular complexity index is 1250. The van der Waals surface area contributed by atoms with Gasteiger partial charge in [-0.15, -0.1) is 0 Å². The molecular weight excluding hydrogens is 454 g/mol. The first-order valence-electron chi connectivity index (χ1n) is 11.8. The molecule has 0 saturated heterocycles. The van der Waals surface area contributed by atoms with Crippen LogP contribution in [-0.2, 0) is 24.2 Å². The van der Waals surface area contributed by atoms with Crippen molar-refractivity contribution < 1.29 is 9.53 Å². The first kappa shape index (κ1) is 22.8. The third kappa shape index (κ3) is 4.40. The van der Waals surface area contributed by atoms with Crippen LogP contribution in [0.2, 0.25) is 5.15 Å². The molecule has 34 heavy (non-hydrogen) atoms. The molecule has 1 aliphatic heterocycles. The van der Waals surface area contributed by atoms with Gasteiger partial charge in [0.25, 0.3) is 5.56 Å². The zero-order chi connectivity index (χ0) is 23.7. The Morgan fingerprint density at radius 3 is 2.71 bits per heavy atom. The highest BCUT2D eigenvalue weighted by molar-refractivity contribution is 6.31. The minimum absolute atomic E-state index is 0.0606. The number of carbonyl (C=O) groups excluding carboxylic acids is 1. The highest BCUT2D eigenvalue weighted by atomic mass is 35.5. The fourth-order valence-electron chi connectivity index (χ4n) is 5.00. The molecule has 3 heterocycles. The molecule has 2 aromatic heterocycles. The molecule has 0 spiro atoms. The van der Waals surface area contributed by atoms with E-state index in [4.69, 9.17) is 21.3 Å². The lowest BCUT2D eigenvalue weighted by Crippen LogP contribution is -2.36. The van der Waals surface area contributed by atoms with Crippen LogP contribution >= 0.6 is 11.6 Å². The van der Waals surface area contributed by atoms with Crippen molar-refractivity contribution in [3.63, 3.8) is 0 Å². The van der Waals surface area contributed by atoms with Crippen LogP contribution in [0.5, 0.6) is 0 Å². The van der Waals surface area contributed by atoms with Crippen LogP contribution in [0.3, 0.4) is 0 Å². The highest BCUT2D eigenvalue weighted by Crippen LogP contribution is 2.31. The van der Waals surface area contributed by atoms with Crippen molar-refractivity contribution in [1.82, 2.24) is 24.6 Å². The minimum Gasteiger partial charge on any atom is -0.464 e. The van der Waals surface area contributed by atoms with E-state index in [-0.39, 0.29) is 11.3 Å². The van der Waals surface area contributed by atoms with Gasteiger partial charge in [-0.2, -0.15) is 5.10 Å². The van der Waals surface area contributed by atoms with Crippen molar-refractivity contribution in [2.75, 3.05) is 13.7 Å². The Balaban J connectivity index is 1.41. The van der Waals surface area contributed by atoms with Gasteiger partial charge in [-0.25, -0.2) is 14.5 Å². The molecule has 0 atom stereocenters. The second kappa shape index (κ2) is 9.72. The maximum atomic E-state index is 13.0. The Hall–Kier alpha value is -2.97. The van der Waals surface area contributed by atoms with Crippen LogP contribution < -0.4 is 5.56 Å². The lowest BCUT2D eigenvalue weighted by Gasteiger charge is -2.28. The van der Waals surface area contributed by atoms with E-state index in [0.29, 0.717) is 48.3 Å². The SMILES string of the molecule is COC(=O)c1nn(-c2ccccc2)c(Cl)c1CN1CCc2nc(C3CCCCC3)[nH]c(=O)c2C1. The first-order chi connectivity index (χ1) is 16.5. The summed E-state index contributed by atoms with van der Waals surface area (Å²) in [7, 11) is 1.33. The molecule has 0 unspecified atom stereocenters. The van der Waals surface area contributed by atoms with Crippen molar-refractivity contribution in [3.8, 4) is 5.69 Å². The molecule has 1 N–H and O–H groups in total. The number of methoxy groups -OCH3 is 1. The summed E-state index contributed by atoms with van der Waals surface area (Å²) in [6.07, 6.45) is 6.51. The summed E-state index contributed by atoms with van der Waals surface area (Å²) in [6.45, 7) is 1.52. The summed E-state index contributed by atoms with van der Waals surface area (Å²) in [5, 5.41) is 4.80. The molecule has 0 amide bonds. The number of nitrogens with one attached hydrogen (secondary N) is 1. The number of aromatic nitrogens is 4. The number of halogens is 1. The van der Waals surface area contributed by atoms with Crippen molar-refractivity contribution >= 4 is 17.6 Å². The number of aromatic amines is 1. The number of benzene rings is 1. The second-order valence-electron chi connectivity index (χ2n) is 9.03. The van der Waals surface area contributed by atoms with Gasteiger partial charge < -0.3 is 9.72 Å². The average molecular weight is 482 g/mol. The average Bonchev–Trinajstić information content (AvgIpc) is 3.20. The molecule has 1 aromatic carbocycles. The molecule has 5 rings (SSSR count). The Morgan fingerprint density at radius 2 is 1.97 bits per heavy atom. The predicted octanol–water partition coefficient (Wildman–Crippen LogP) is 4.00. The quantitative estimate of drug-likeness (QED) is 0.553. The number of para-hydroxylation sites is 1. The predicted molar refractivity (Wildman–Crippen MR) is 128 cm³/mol.